The van der Waals surface area contributed by atoms with Crippen LogP contribution < -0.4 is 20.1 Å². The lowest BCUT2D eigenvalue weighted by Crippen LogP contribution is -2.43. The third-order valence-electron chi connectivity index (χ3n) is 4.15. The molecule has 9 nitrogen and oxygen atoms in total. The quantitative estimate of drug-likeness (QED) is 0.551. The Hall–Kier alpha value is -2.81. The maximum atomic E-state index is 12.8. The number of rotatable bonds is 6. The Balaban J connectivity index is 1.74. The summed E-state index contributed by atoms with van der Waals surface area (Å²) in [6.45, 7) is 2.00. The fourth-order valence-corrected chi connectivity index (χ4v) is 2.74. The summed E-state index contributed by atoms with van der Waals surface area (Å²) in [5.41, 5.74) is -0.720. The zero-order valence-electron chi connectivity index (χ0n) is 14.0. The minimum atomic E-state index is -1.27. The molecule has 0 saturated carbocycles. The van der Waals surface area contributed by atoms with Gasteiger partial charge in [0, 0.05) is 13.7 Å². The second-order valence-corrected chi connectivity index (χ2v) is 5.86. The molecule has 1 atom stereocenters. The van der Waals surface area contributed by atoms with Crippen molar-refractivity contribution < 1.29 is 28.6 Å². The Bertz CT molecular complexity index is 722. The molecule has 0 bridgehead atoms. The van der Waals surface area contributed by atoms with Crippen LogP contribution in [0.4, 0.5) is 4.79 Å². The lowest BCUT2D eigenvalue weighted by Gasteiger charge is -2.22. The summed E-state index contributed by atoms with van der Waals surface area (Å²) >= 11 is 0. The molecule has 0 aliphatic carbocycles. The number of imide groups is 1. The third-order valence-corrected chi connectivity index (χ3v) is 4.15. The Morgan fingerprint density at radius 1 is 1.36 bits per heavy atom. The number of nitrogens with one attached hydrogen (secondary N) is 2. The van der Waals surface area contributed by atoms with Crippen LogP contribution in [0.5, 0.6) is 11.5 Å². The summed E-state index contributed by atoms with van der Waals surface area (Å²) < 4.78 is 15.4. The number of carbonyl (C=O) groups excluding carboxylic acids is 3. The standard InChI is InChI=1S/C16H19N3O6/c1-16(10-3-4-11-12(7-10)25-9-24-11)14(21)19(15(22)18-16)8-13(20)17-5-6-23-2/h3-4,7H,5-6,8-9H2,1-2H3,(H,17,20)(H,18,22)/t16-/m1/s1. The molecule has 9 heteroatoms. The minimum Gasteiger partial charge on any atom is -0.454 e. The Morgan fingerprint density at radius 2 is 2.12 bits per heavy atom. The van der Waals surface area contributed by atoms with E-state index in [4.69, 9.17) is 14.2 Å². The van der Waals surface area contributed by atoms with E-state index in [-0.39, 0.29) is 13.3 Å². The number of nitrogens with zero attached hydrogens (tertiary/aromatic N) is 1. The molecule has 0 unspecified atom stereocenters. The Morgan fingerprint density at radius 3 is 2.88 bits per heavy atom. The highest BCUT2D eigenvalue weighted by Crippen LogP contribution is 2.37. The van der Waals surface area contributed by atoms with Gasteiger partial charge in [0.15, 0.2) is 11.5 Å². The van der Waals surface area contributed by atoms with Gasteiger partial charge in [-0.05, 0) is 24.6 Å². The molecule has 1 saturated heterocycles. The van der Waals surface area contributed by atoms with Gasteiger partial charge in [-0.25, -0.2) is 4.79 Å². The summed E-state index contributed by atoms with van der Waals surface area (Å²) in [4.78, 5) is 37.8. The van der Waals surface area contributed by atoms with Crippen molar-refractivity contribution in [3.8, 4) is 11.5 Å². The maximum Gasteiger partial charge on any atom is 0.325 e. The van der Waals surface area contributed by atoms with E-state index in [9.17, 15) is 14.4 Å². The lowest BCUT2D eigenvalue weighted by molar-refractivity contribution is -0.134. The minimum absolute atomic E-state index is 0.115. The first-order chi connectivity index (χ1) is 12.0. The van der Waals surface area contributed by atoms with Gasteiger partial charge in [-0.1, -0.05) is 6.07 Å². The van der Waals surface area contributed by atoms with E-state index in [2.05, 4.69) is 10.6 Å². The number of hydrogen-bond donors (Lipinski definition) is 2. The molecule has 1 aromatic rings. The Kier molecular flexibility index (Phi) is 4.49. The number of methoxy groups -OCH3 is 1. The average molecular weight is 349 g/mol. The summed E-state index contributed by atoms with van der Waals surface area (Å²) in [6, 6.07) is 4.41. The van der Waals surface area contributed by atoms with Crippen LogP contribution in [-0.4, -0.2) is 56.3 Å². The van der Waals surface area contributed by atoms with Crippen molar-refractivity contribution >= 4 is 17.8 Å². The zero-order valence-corrected chi connectivity index (χ0v) is 14.0. The molecule has 0 spiro atoms. The van der Waals surface area contributed by atoms with Crippen molar-refractivity contribution in [1.82, 2.24) is 15.5 Å². The van der Waals surface area contributed by atoms with Crippen LogP contribution in [0.15, 0.2) is 18.2 Å². The van der Waals surface area contributed by atoms with E-state index in [1.165, 1.54) is 7.11 Å². The third kappa shape index (κ3) is 3.10. The summed E-state index contributed by atoms with van der Waals surface area (Å²) in [5, 5.41) is 5.22. The molecule has 134 valence electrons. The zero-order chi connectivity index (χ0) is 18.0. The monoisotopic (exact) mass is 349 g/mol. The molecule has 1 aromatic carbocycles. The number of urea groups is 1. The second kappa shape index (κ2) is 6.60. The molecule has 3 rings (SSSR count). The smallest absolute Gasteiger partial charge is 0.325 e. The maximum absolute atomic E-state index is 12.8. The molecule has 2 aliphatic heterocycles. The van der Waals surface area contributed by atoms with Gasteiger partial charge in [-0.2, -0.15) is 0 Å². The van der Waals surface area contributed by atoms with Crippen LogP contribution in [0.25, 0.3) is 0 Å². The first kappa shape index (κ1) is 17.0. The van der Waals surface area contributed by atoms with Gasteiger partial charge in [-0.15, -0.1) is 0 Å². The molecule has 0 radical (unpaired) electrons. The molecule has 4 amide bonds. The summed E-state index contributed by atoms with van der Waals surface area (Å²) in [7, 11) is 1.51. The van der Waals surface area contributed by atoms with Crippen LogP contribution in [0.1, 0.15) is 12.5 Å². The first-order valence-electron chi connectivity index (χ1n) is 7.75. The number of ether oxygens (including phenoxy) is 3. The highest BCUT2D eigenvalue weighted by Gasteiger charge is 2.49. The van der Waals surface area contributed by atoms with Gasteiger partial charge < -0.3 is 24.8 Å². The first-order valence-corrected chi connectivity index (χ1v) is 7.75. The molecule has 2 aliphatic rings. The SMILES string of the molecule is COCCNC(=O)CN1C(=O)N[C@](C)(c2ccc3c(c2)OCO3)C1=O. The molecular weight excluding hydrogens is 330 g/mol. The normalized spacial score (nSPS) is 21.4. The van der Waals surface area contributed by atoms with Gasteiger partial charge in [-0.3, -0.25) is 14.5 Å². The van der Waals surface area contributed by atoms with Crippen molar-refractivity contribution in [2.24, 2.45) is 0 Å². The van der Waals surface area contributed by atoms with Crippen molar-refractivity contribution in [1.29, 1.82) is 0 Å². The number of amides is 4. The summed E-state index contributed by atoms with van der Waals surface area (Å²) in [5.74, 6) is 0.156. The number of benzene rings is 1. The molecule has 2 heterocycles. The largest absolute Gasteiger partial charge is 0.454 e. The van der Waals surface area contributed by atoms with E-state index in [1.807, 2.05) is 0 Å². The van der Waals surface area contributed by atoms with E-state index in [0.29, 0.717) is 30.2 Å². The number of fused-ring (bicyclic) bond motifs is 1. The van der Waals surface area contributed by atoms with E-state index in [1.54, 1.807) is 25.1 Å². The number of hydrogen-bond acceptors (Lipinski definition) is 6. The predicted molar refractivity (Wildman–Crippen MR) is 85.0 cm³/mol. The lowest BCUT2D eigenvalue weighted by atomic mass is 9.91. The van der Waals surface area contributed by atoms with Gasteiger partial charge in [0.25, 0.3) is 5.91 Å². The fraction of sp³-hybridized carbons (Fsp3) is 0.438. The van der Waals surface area contributed by atoms with Crippen LogP contribution in [0, 0.1) is 0 Å². The molecule has 1 fully saturated rings. The molecule has 0 aromatic heterocycles. The van der Waals surface area contributed by atoms with Gasteiger partial charge in [0.05, 0.1) is 6.61 Å². The summed E-state index contributed by atoms with van der Waals surface area (Å²) in [6.07, 6.45) is 0. The van der Waals surface area contributed by atoms with Gasteiger partial charge in [0.2, 0.25) is 12.7 Å². The molecule has 25 heavy (non-hydrogen) atoms. The molecule has 2 N–H and O–H groups in total. The van der Waals surface area contributed by atoms with Crippen LogP contribution in [-0.2, 0) is 19.9 Å². The second-order valence-electron chi connectivity index (χ2n) is 5.86. The van der Waals surface area contributed by atoms with Gasteiger partial charge in [0.1, 0.15) is 12.1 Å². The van der Waals surface area contributed by atoms with Crippen LogP contribution >= 0.6 is 0 Å². The number of carbonyl (C=O) groups is 3. The fourth-order valence-electron chi connectivity index (χ4n) is 2.74. The van der Waals surface area contributed by atoms with Crippen molar-refractivity contribution in [2.45, 2.75) is 12.5 Å². The molecular formula is C16H19N3O6. The highest BCUT2D eigenvalue weighted by molar-refractivity contribution is 6.09. The van der Waals surface area contributed by atoms with Crippen LogP contribution in [0.2, 0.25) is 0 Å². The van der Waals surface area contributed by atoms with Gasteiger partial charge >= 0.3 is 6.03 Å². The van der Waals surface area contributed by atoms with Crippen molar-refractivity contribution in [2.75, 3.05) is 33.6 Å². The Labute approximate surface area is 144 Å². The average Bonchev–Trinajstić information content (AvgIpc) is 3.13. The van der Waals surface area contributed by atoms with E-state index >= 15 is 0 Å². The van der Waals surface area contributed by atoms with E-state index in [0.717, 1.165) is 4.90 Å². The van der Waals surface area contributed by atoms with Crippen molar-refractivity contribution in [3.05, 3.63) is 23.8 Å². The van der Waals surface area contributed by atoms with Crippen LogP contribution in [0.3, 0.4) is 0 Å². The van der Waals surface area contributed by atoms with E-state index < -0.39 is 23.4 Å². The predicted octanol–water partition coefficient (Wildman–Crippen LogP) is -0.0551. The topological polar surface area (TPSA) is 106 Å². The highest BCUT2D eigenvalue weighted by atomic mass is 16.7. The van der Waals surface area contributed by atoms with Crippen molar-refractivity contribution in [3.63, 3.8) is 0 Å².